The number of amides is 1. The molecule has 0 unspecified atom stereocenters. The summed E-state index contributed by atoms with van der Waals surface area (Å²) in [6.07, 6.45) is 0.451. The van der Waals surface area contributed by atoms with Gasteiger partial charge in [-0.3, -0.25) is 19.7 Å². The summed E-state index contributed by atoms with van der Waals surface area (Å²) in [5.74, 6) is 1.10. The molecule has 2 aromatic rings. The number of rotatable bonds is 8. The number of nitrogens with one attached hydrogen (secondary N) is 1. The monoisotopic (exact) mass is 414 g/mol. The Kier molecular flexibility index (Phi) is 6.51. The lowest BCUT2D eigenvalue weighted by Gasteiger charge is -2.25. The second-order valence-electron chi connectivity index (χ2n) is 7.08. The second-order valence-corrected chi connectivity index (χ2v) is 7.08. The molecule has 1 amide bonds. The van der Waals surface area contributed by atoms with Crippen LogP contribution in [0.1, 0.15) is 35.8 Å². The van der Waals surface area contributed by atoms with Gasteiger partial charge in [-0.2, -0.15) is 0 Å². The van der Waals surface area contributed by atoms with Gasteiger partial charge in [0.2, 0.25) is 0 Å². The zero-order chi connectivity index (χ0) is 21.7. The van der Waals surface area contributed by atoms with Crippen LogP contribution in [-0.2, 0) is 4.79 Å². The fourth-order valence-electron chi connectivity index (χ4n) is 3.12. The van der Waals surface area contributed by atoms with Crippen LogP contribution in [0.25, 0.3) is 0 Å². The number of nitro benzene ring substituents is 1. The Morgan fingerprint density at radius 3 is 2.60 bits per heavy atom. The summed E-state index contributed by atoms with van der Waals surface area (Å²) in [6, 6.07) is 8.87. The molecular weight excluding hydrogens is 392 g/mol. The molecule has 9 nitrogen and oxygen atoms in total. The van der Waals surface area contributed by atoms with Gasteiger partial charge in [0, 0.05) is 12.1 Å². The Balaban J connectivity index is 1.68. The summed E-state index contributed by atoms with van der Waals surface area (Å²) in [7, 11) is 0. The molecule has 1 aliphatic rings. The first-order chi connectivity index (χ1) is 14.4. The van der Waals surface area contributed by atoms with Crippen LogP contribution >= 0.6 is 0 Å². The molecule has 30 heavy (non-hydrogen) atoms. The van der Waals surface area contributed by atoms with E-state index in [0.717, 1.165) is 11.6 Å². The van der Waals surface area contributed by atoms with E-state index in [1.807, 2.05) is 32.0 Å². The van der Waals surface area contributed by atoms with Crippen molar-refractivity contribution in [2.45, 2.75) is 19.9 Å². The number of nitrogens with zero attached hydrogens (tertiary/aromatic N) is 1. The van der Waals surface area contributed by atoms with Crippen molar-refractivity contribution < 1.29 is 28.7 Å². The fraction of sp³-hybridized carbons (Fsp3) is 0.333. The molecule has 158 valence electrons. The normalized spacial score (nSPS) is 13.4. The van der Waals surface area contributed by atoms with E-state index in [0.29, 0.717) is 31.0 Å². The van der Waals surface area contributed by atoms with E-state index in [1.165, 1.54) is 12.1 Å². The minimum atomic E-state index is -0.607. The number of carbonyl (C=O) groups excluding carboxylic acids is 2. The first-order valence-corrected chi connectivity index (χ1v) is 9.44. The summed E-state index contributed by atoms with van der Waals surface area (Å²) in [5, 5.41) is 13.7. The number of non-ortho nitro benzene ring substituents is 1. The number of fused-ring (bicyclic) bond motifs is 1. The maximum absolute atomic E-state index is 12.5. The first-order valence-electron chi connectivity index (χ1n) is 9.44. The van der Waals surface area contributed by atoms with Crippen LogP contribution < -0.4 is 19.5 Å². The van der Waals surface area contributed by atoms with Crippen molar-refractivity contribution in [1.82, 2.24) is 5.32 Å². The van der Waals surface area contributed by atoms with Gasteiger partial charge in [0.15, 0.2) is 24.4 Å². The van der Waals surface area contributed by atoms with Gasteiger partial charge in [-0.15, -0.1) is 0 Å². The van der Waals surface area contributed by atoms with E-state index in [9.17, 15) is 19.7 Å². The van der Waals surface area contributed by atoms with Crippen molar-refractivity contribution in [2.24, 2.45) is 5.92 Å². The molecule has 1 aliphatic heterocycles. The van der Waals surface area contributed by atoms with Crippen molar-refractivity contribution in [3.05, 3.63) is 57.6 Å². The Morgan fingerprint density at radius 1 is 1.20 bits per heavy atom. The molecule has 0 radical (unpaired) electrons. The van der Waals surface area contributed by atoms with Crippen molar-refractivity contribution in [3.63, 3.8) is 0 Å². The van der Waals surface area contributed by atoms with Crippen LogP contribution in [0.2, 0.25) is 0 Å². The quantitative estimate of drug-likeness (QED) is 0.401. The molecule has 1 atom stereocenters. The van der Waals surface area contributed by atoms with Crippen LogP contribution in [0.15, 0.2) is 36.4 Å². The lowest BCUT2D eigenvalue weighted by molar-refractivity contribution is -0.384. The molecular formula is C21H22N2O7. The molecule has 0 saturated carbocycles. The van der Waals surface area contributed by atoms with Crippen LogP contribution in [0, 0.1) is 16.0 Å². The predicted molar refractivity (Wildman–Crippen MR) is 107 cm³/mol. The third kappa shape index (κ3) is 4.86. The number of nitro groups is 1. The third-order valence-electron chi connectivity index (χ3n) is 4.60. The first kappa shape index (κ1) is 21.1. The summed E-state index contributed by atoms with van der Waals surface area (Å²) in [5.41, 5.74) is 0.642. The van der Waals surface area contributed by atoms with Gasteiger partial charge in [0.1, 0.15) is 19.0 Å². The molecule has 0 aliphatic carbocycles. The smallest absolute Gasteiger partial charge is 0.270 e. The molecule has 9 heteroatoms. The Bertz CT molecular complexity index is 958. The number of ether oxygens (including phenoxy) is 3. The highest BCUT2D eigenvalue weighted by Crippen LogP contribution is 2.34. The van der Waals surface area contributed by atoms with Gasteiger partial charge in [-0.1, -0.05) is 19.9 Å². The van der Waals surface area contributed by atoms with Gasteiger partial charge in [-0.25, -0.2) is 0 Å². The highest BCUT2D eigenvalue weighted by atomic mass is 16.6. The van der Waals surface area contributed by atoms with Gasteiger partial charge in [-0.05, 0) is 29.7 Å². The molecule has 1 N–H and O–H groups in total. The van der Waals surface area contributed by atoms with E-state index < -0.39 is 10.8 Å². The third-order valence-corrected chi connectivity index (χ3v) is 4.60. The molecule has 0 fully saturated rings. The van der Waals surface area contributed by atoms with Crippen LogP contribution in [-0.4, -0.2) is 36.9 Å². The standard InChI is InChI=1S/C21H22N2O7/c1-13(2)21(14-3-5-18-19(10-14)29-8-7-28-18)22-20(25)12-30-17-6-4-16(23(26)27)9-15(17)11-24/h3-6,9-11,13,21H,7-8,12H2,1-2H3,(H,22,25)/t21-/m0/s1. The van der Waals surface area contributed by atoms with Crippen molar-refractivity contribution >= 4 is 17.9 Å². The van der Waals surface area contributed by atoms with Gasteiger partial charge < -0.3 is 19.5 Å². The summed E-state index contributed by atoms with van der Waals surface area (Å²) < 4.78 is 16.6. The summed E-state index contributed by atoms with van der Waals surface area (Å²) >= 11 is 0. The molecule has 0 bridgehead atoms. The number of aldehydes is 1. The largest absolute Gasteiger partial charge is 0.486 e. The minimum absolute atomic E-state index is 0.00393. The zero-order valence-corrected chi connectivity index (χ0v) is 16.6. The van der Waals surface area contributed by atoms with Crippen LogP contribution in [0.5, 0.6) is 17.2 Å². The van der Waals surface area contributed by atoms with E-state index >= 15 is 0 Å². The van der Waals surface area contributed by atoms with Crippen molar-refractivity contribution in [1.29, 1.82) is 0 Å². The Labute approximate surface area is 173 Å². The van der Waals surface area contributed by atoms with Gasteiger partial charge in [0.05, 0.1) is 16.5 Å². The van der Waals surface area contributed by atoms with Crippen LogP contribution in [0.4, 0.5) is 5.69 Å². The Hall–Kier alpha value is -3.62. The molecule has 2 aromatic carbocycles. The van der Waals surface area contributed by atoms with E-state index in [4.69, 9.17) is 14.2 Å². The molecule has 3 rings (SSSR count). The minimum Gasteiger partial charge on any atom is -0.486 e. The SMILES string of the molecule is CC(C)[C@H](NC(=O)COc1ccc([N+](=O)[O-])cc1C=O)c1ccc2c(c1)OCCO2. The molecule has 1 heterocycles. The maximum atomic E-state index is 12.5. The summed E-state index contributed by atoms with van der Waals surface area (Å²) in [4.78, 5) is 33.9. The zero-order valence-electron chi connectivity index (χ0n) is 16.6. The van der Waals surface area contributed by atoms with Gasteiger partial charge >= 0.3 is 0 Å². The maximum Gasteiger partial charge on any atom is 0.270 e. The lowest BCUT2D eigenvalue weighted by atomic mass is 9.95. The highest BCUT2D eigenvalue weighted by molar-refractivity contribution is 5.82. The number of hydrogen-bond donors (Lipinski definition) is 1. The topological polar surface area (TPSA) is 117 Å². The van der Waals surface area contributed by atoms with Crippen molar-refractivity contribution in [3.8, 4) is 17.2 Å². The Morgan fingerprint density at radius 2 is 1.93 bits per heavy atom. The highest BCUT2D eigenvalue weighted by Gasteiger charge is 2.22. The van der Waals surface area contributed by atoms with Crippen molar-refractivity contribution in [2.75, 3.05) is 19.8 Å². The number of hydrogen-bond acceptors (Lipinski definition) is 7. The number of carbonyl (C=O) groups is 2. The molecule has 0 spiro atoms. The number of benzene rings is 2. The molecule has 0 aromatic heterocycles. The fourth-order valence-corrected chi connectivity index (χ4v) is 3.12. The van der Waals surface area contributed by atoms with Crippen LogP contribution in [0.3, 0.4) is 0 Å². The lowest BCUT2D eigenvalue weighted by Crippen LogP contribution is -2.35. The predicted octanol–water partition coefficient (Wildman–Crippen LogP) is 3.07. The summed E-state index contributed by atoms with van der Waals surface area (Å²) in [6.45, 7) is 4.58. The molecule has 0 saturated heterocycles. The average Bonchev–Trinajstić information content (AvgIpc) is 2.75. The second kappa shape index (κ2) is 9.25. The van der Waals surface area contributed by atoms with E-state index in [-0.39, 0.29) is 35.6 Å². The van der Waals surface area contributed by atoms with E-state index in [2.05, 4.69) is 5.32 Å². The van der Waals surface area contributed by atoms with Gasteiger partial charge in [0.25, 0.3) is 11.6 Å². The van der Waals surface area contributed by atoms with E-state index in [1.54, 1.807) is 0 Å². The average molecular weight is 414 g/mol.